The highest BCUT2D eigenvalue weighted by Crippen LogP contribution is 2.12. The zero-order valence-electron chi connectivity index (χ0n) is 7.86. The van der Waals surface area contributed by atoms with Gasteiger partial charge in [-0.15, -0.1) is 0 Å². The first-order valence-corrected chi connectivity index (χ1v) is 4.38. The number of rotatable bonds is 1. The second-order valence-electron chi connectivity index (χ2n) is 3.35. The third-order valence-electron chi connectivity index (χ3n) is 2.18. The molecule has 0 aliphatic carbocycles. The van der Waals surface area contributed by atoms with Gasteiger partial charge >= 0.3 is 0 Å². The van der Waals surface area contributed by atoms with Gasteiger partial charge in [0.25, 0.3) is 0 Å². The summed E-state index contributed by atoms with van der Waals surface area (Å²) in [5, 5.41) is 0. The summed E-state index contributed by atoms with van der Waals surface area (Å²) in [6.07, 6.45) is 2.00. The molecule has 2 N–H and O–H groups in total. The summed E-state index contributed by atoms with van der Waals surface area (Å²) in [5.74, 6) is 0. The van der Waals surface area contributed by atoms with Crippen molar-refractivity contribution in [1.29, 1.82) is 0 Å². The van der Waals surface area contributed by atoms with Crippen LogP contribution in [-0.4, -0.2) is 9.38 Å². The van der Waals surface area contributed by atoms with Gasteiger partial charge in [0, 0.05) is 17.9 Å². The fourth-order valence-electron chi connectivity index (χ4n) is 1.39. The largest absolute Gasteiger partial charge is 0.323 e. The van der Waals surface area contributed by atoms with Gasteiger partial charge in [-0.25, -0.2) is 4.98 Å². The molecular formula is C10H13N3. The molecule has 2 rings (SSSR count). The molecular weight excluding hydrogens is 162 g/mol. The molecule has 0 fully saturated rings. The first-order chi connectivity index (χ1) is 6.18. The van der Waals surface area contributed by atoms with Crippen LogP contribution < -0.4 is 5.73 Å². The number of aryl methyl sites for hydroxylation is 1. The predicted molar refractivity (Wildman–Crippen MR) is 52.5 cm³/mol. The van der Waals surface area contributed by atoms with Crippen molar-refractivity contribution >= 4 is 5.65 Å². The minimum atomic E-state index is -0.000648. The molecule has 0 aliphatic heterocycles. The van der Waals surface area contributed by atoms with Gasteiger partial charge in [0.05, 0.1) is 5.69 Å². The number of aromatic nitrogens is 2. The van der Waals surface area contributed by atoms with E-state index in [9.17, 15) is 0 Å². The van der Waals surface area contributed by atoms with Crippen LogP contribution in [0, 0.1) is 6.92 Å². The summed E-state index contributed by atoms with van der Waals surface area (Å²) in [6.45, 7) is 4.00. The molecule has 3 nitrogen and oxygen atoms in total. The van der Waals surface area contributed by atoms with E-state index < -0.39 is 0 Å². The maximum atomic E-state index is 5.75. The second-order valence-corrected chi connectivity index (χ2v) is 3.35. The Kier molecular flexibility index (Phi) is 1.81. The van der Waals surface area contributed by atoms with E-state index in [4.69, 9.17) is 5.73 Å². The topological polar surface area (TPSA) is 43.3 Å². The monoisotopic (exact) mass is 175 g/mol. The number of nitrogens with two attached hydrogens (primary N) is 1. The van der Waals surface area contributed by atoms with Crippen LogP contribution >= 0.6 is 0 Å². The summed E-state index contributed by atoms with van der Waals surface area (Å²) in [5.41, 5.74) is 8.83. The van der Waals surface area contributed by atoms with Gasteiger partial charge in [-0.1, -0.05) is 6.07 Å². The van der Waals surface area contributed by atoms with E-state index in [0.717, 1.165) is 11.3 Å². The lowest BCUT2D eigenvalue weighted by Crippen LogP contribution is -2.04. The minimum absolute atomic E-state index is 0.000648. The number of hydrogen-bond donors (Lipinski definition) is 1. The molecule has 2 aromatic heterocycles. The lowest BCUT2D eigenvalue weighted by molar-refractivity contribution is 0.790. The number of hydrogen-bond acceptors (Lipinski definition) is 2. The zero-order chi connectivity index (χ0) is 9.42. The molecule has 0 bridgehead atoms. The molecule has 0 spiro atoms. The number of pyridine rings is 1. The van der Waals surface area contributed by atoms with Crippen molar-refractivity contribution in [3.05, 3.63) is 35.8 Å². The normalized spacial score (nSPS) is 13.5. The molecule has 0 saturated carbocycles. The number of fused-ring (bicyclic) bond motifs is 1. The first kappa shape index (κ1) is 8.26. The second kappa shape index (κ2) is 2.85. The third kappa shape index (κ3) is 1.31. The van der Waals surface area contributed by atoms with E-state index in [1.165, 1.54) is 5.69 Å². The van der Waals surface area contributed by atoms with Gasteiger partial charge in [0.1, 0.15) is 5.65 Å². The average molecular weight is 175 g/mol. The Bertz CT molecular complexity index is 429. The van der Waals surface area contributed by atoms with Crippen LogP contribution in [0.1, 0.15) is 24.4 Å². The summed E-state index contributed by atoms with van der Waals surface area (Å²) >= 11 is 0. The molecule has 2 aromatic rings. The summed E-state index contributed by atoms with van der Waals surface area (Å²) in [6, 6.07) is 6.04. The van der Waals surface area contributed by atoms with Crippen LogP contribution in [0.15, 0.2) is 24.4 Å². The standard InChI is InChI=1S/C10H13N3/c1-7-4-3-5-10-12-9(8(2)11)6-13(7)10/h3-6,8H,11H2,1-2H3. The van der Waals surface area contributed by atoms with Gasteiger partial charge < -0.3 is 10.1 Å². The van der Waals surface area contributed by atoms with Gasteiger partial charge in [-0.3, -0.25) is 0 Å². The van der Waals surface area contributed by atoms with Gasteiger partial charge in [-0.05, 0) is 26.0 Å². The zero-order valence-corrected chi connectivity index (χ0v) is 7.86. The first-order valence-electron chi connectivity index (χ1n) is 4.38. The van der Waals surface area contributed by atoms with Crippen molar-refractivity contribution in [3.63, 3.8) is 0 Å². The van der Waals surface area contributed by atoms with E-state index >= 15 is 0 Å². The molecule has 0 amide bonds. The molecule has 0 saturated heterocycles. The van der Waals surface area contributed by atoms with Crippen LogP contribution in [0.25, 0.3) is 5.65 Å². The minimum Gasteiger partial charge on any atom is -0.323 e. The lowest BCUT2D eigenvalue weighted by atomic mass is 10.3. The summed E-state index contributed by atoms with van der Waals surface area (Å²) in [7, 11) is 0. The van der Waals surface area contributed by atoms with Crippen LogP contribution in [-0.2, 0) is 0 Å². The van der Waals surface area contributed by atoms with Crippen molar-refractivity contribution in [3.8, 4) is 0 Å². The fraction of sp³-hybridized carbons (Fsp3) is 0.300. The Labute approximate surface area is 77.2 Å². The van der Waals surface area contributed by atoms with E-state index in [1.807, 2.05) is 25.3 Å². The highest BCUT2D eigenvalue weighted by Gasteiger charge is 2.05. The van der Waals surface area contributed by atoms with Gasteiger partial charge in [-0.2, -0.15) is 0 Å². The van der Waals surface area contributed by atoms with E-state index in [2.05, 4.69) is 22.4 Å². The van der Waals surface area contributed by atoms with E-state index in [0.29, 0.717) is 0 Å². The highest BCUT2D eigenvalue weighted by atomic mass is 15.0. The Morgan fingerprint density at radius 2 is 2.23 bits per heavy atom. The molecule has 0 aromatic carbocycles. The Morgan fingerprint density at radius 3 is 2.85 bits per heavy atom. The molecule has 3 heteroatoms. The Balaban J connectivity index is 2.68. The molecule has 2 heterocycles. The van der Waals surface area contributed by atoms with Crippen LogP contribution in [0.4, 0.5) is 0 Å². The quantitative estimate of drug-likeness (QED) is 0.716. The van der Waals surface area contributed by atoms with Crippen LogP contribution in [0.5, 0.6) is 0 Å². The highest BCUT2D eigenvalue weighted by molar-refractivity contribution is 5.41. The van der Waals surface area contributed by atoms with Crippen molar-refractivity contribution in [2.45, 2.75) is 19.9 Å². The smallest absolute Gasteiger partial charge is 0.137 e. The van der Waals surface area contributed by atoms with E-state index in [-0.39, 0.29) is 6.04 Å². The molecule has 0 radical (unpaired) electrons. The third-order valence-corrected chi connectivity index (χ3v) is 2.18. The maximum Gasteiger partial charge on any atom is 0.137 e. The van der Waals surface area contributed by atoms with E-state index in [1.54, 1.807) is 0 Å². The van der Waals surface area contributed by atoms with Crippen molar-refractivity contribution in [2.75, 3.05) is 0 Å². The number of imidazole rings is 1. The molecule has 1 unspecified atom stereocenters. The molecule has 0 aliphatic rings. The summed E-state index contributed by atoms with van der Waals surface area (Å²) < 4.78 is 2.05. The molecule has 68 valence electrons. The SMILES string of the molecule is Cc1cccc2nc(C(C)N)cn12. The molecule has 1 atom stereocenters. The maximum absolute atomic E-state index is 5.75. The average Bonchev–Trinajstić information content (AvgIpc) is 2.49. The van der Waals surface area contributed by atoms with Gasteiger partial charge in [0.2, 0.25) is 0 Å². The van der Waals surface area contributed by atoms with Crippen molar-refractivity contribution in [1.82, 2.24) is 9.38 Å². The Morgan fingerprint density at radius 1 is 1.46 bits per heavy atom. The lowest BCUT2D eigenvalue weighted by Gasteiger charge is -1.97. The van der Waals surface area contributed by atoms with Crippen molar-refractivity contribution < 1.29 is 0 Å². The van der Waals surface area contributed by atoms with Crippen LogP contribution in [0.2, 0.25) is 0 Å². The van der Waals surface area contributed by atoms with Gasteiger partial charge in [0.15, 0.2) is 0 Å². The molecule has 13 heavy (non-hydrogen) atoms. The summed E-state index contributed by atoms with van der Waals surface area (Å²) in [4.78, 5) is 4.41. The fourth-order valence-corrected chi connectivity index (χ4v) is 1.39. The Hall–Kier alpha value is -1.35. The predicted octanol–water partition coefficient (Wildman–Crippen LogP) is 1.66. The number of nitrogens with zero attached hydrogens (tertiary/aromatic N) is 2. The van der Waals surface area contributed by atoms with Crippen LogP contribution in [0.3, 0.4) is 0 Å². The van der Waals surface area contributed by atoms with Crippen molar-refractivity contribution in [2.24, 2.45) is 5.73 Å².